The Morgan fingerprint density at radius 3 is 2.65 bits per heavy atom. The van der Waals surface area contributed by atoms with Crippen LogP contribution in [0.15, 0.2) is 30.3 Å². The van der Waals surface area contributed by atoms with Gasteiger partial charge in [-0.3, -0.25) is 4.79 Å². The number of amides is 1. The number of nitrogens with zero attached hydrogens (tertiary/aromatic N) is 1. The summed E-state index contributed by atoms with van der Waals surface area (Å²) in [6.45, 7) is 0.930. The van der Waals surface area contributed by atoms with Gasteiger partial charge in [-0.25, -0.2) is 0 Å². The molecule has 4 atom stereocenters. The van der Waals surface area contributed by atoms with Crippen molar-refractivity contribution >= 4 is 17.7 Å². The van der Waals surface area contributed by atoms with Crippen LogP contribution in [0.4, 0.5) is 0 Å². The van der Waals surface area contributed by atoms with Gasteiger partial charge in [0.2, 0.25) is 5.91 Å². The molecule has 106 valence electrons. The Bertz CT molecular complexity index is 493. The van der Waals surface area contributed by atoms with E-state index < -0.39 is 0 Å². The molecule has 1 amide bonds. The summed E-state index contributed by atoms with van der Waals surface area (Å²) in [7, 11) is 0. The van der Waals surface area contributed by atoms with Gasteiger partial charge in [-0.2, -0.15) is 11.8 Å². The highest BCUT2D eigenvalue weighted by atomic mass is 32.2. The smallest absolute Gasteiger partial charge is 0.226 e. The minimum absolute atomic E-state index is 0.295. The molecule has 3 aliphatic rings. The van der Waals surface area contributed by atoms with Gasteiger partial charge in [-0.15, -0.1) is 0 Å². The van der Waals surface area contributed by atoms with Crippen LogP contribution in [-0.2, 0) is 4.79 Å². The maximum atomic E-state index is 12.9. The van der Waals surface area contributed by atoms with E-state index in [0.29, 0.717) is 17.9 Å². The lowest BCUT2D eigenvalue weighted by molar-refractivity contribution is -0.135. The highest BCUT2D eigenvalue weighted by Gasteiger charge is 2.58. The zero-order valence-corrected chi connectivity index (χ0v) is 12.5. The minimum Gasteiger partial charge on any atom is -0.334 e. The second kappa shape index (κ2) is 5.10. The van der Waals surface area contributed by atoms with Gasteiger partial charge in [0.1, 0.15) is 0 Å². The predicted molar refractivity (Wildman–Crippen MR) is 82.5 cm³/mol. The SMILES string of the molecule is O=C(C1[C@H]2CCC[C@@H]12)N1CCSC[C@H]1c1ccccc1. The molecule has 0 radical (unpaired) electrons. The number of thioether (sulfide) groups is 1. The van der Waals surface area contributed by atoms with E-state index in [9.17, 15) is 4.79 Å². The molecule has 20 heavy (non-hydrogen) atoms. The number of carbonyl (C=O) groups excluding carboxylic acids is 1. The zero-order valence-electron chi connectivity index (χ0n) is 11.7. The molecule has 2 nitrogen and oxygen atoms in total. The Morgan fingerprint density at radius 1 is 1.15 bits per heavy atom. The van der Waals surface area contributed by atoms with E-state index in [1.165, 1.54) is 24.8 Å². The van der Waals surface area contributed by atoms with Crippen LogP contribution >= 0.6 is 11.8 Å². The Kier molecular flexibility index (Phi) is 3.25. The van der Waals surface area contributed by atoms with Gasteiger partial charge in [-0.1, -0.05) is 36.8 Å². The molecule has 1 saturated heterocycles. The van der Waals surface area contributed by atoms with Crippen LogP contribution < -0.4 is 0 Å². The fourth-order valence-electron chi connectivity index (χ4n) is 4.20. The van der Waals surface area contributed by atoms with Gasteiger partial charge in [0, 0.05) is 24.0 Å². The van der Waals surface area contributed by atoms with E-state index >= 15 is 0 Å². The predicted octanol–water partition coefficient (Wildman–Crippen LogP) is 3.35. The number of hydrogen-bond donors (Lipinski definition) is 0. The number of benzene rings is 1. The van der Waals surface area contributed by atoms with Gasteiger partial charge in [0.15, 0.2) is 0 Å². The van der Waals surface area contributed by atoms with Gasteiger partial charge in [0.25, 0.3) is 0 Å². The molecule has 1 aliphatic heterocycles. The number of rotatable bonds is 2. The van der Waals surface area contributed by atoms with Crippen molar-refractivity contribution in [1.82, 2.24) is 4.90 Å². The molecule has 1 aromatic carbocycles. The largest absolute Gasteiger partial charge is 0.334 e. The Balaban J connectivity index is 1.54. The van der Waals surface area contributed by atoms with Crippen molar-refractivity contribution in [2.24, 2.45) is 17.8 Å². The van der Waals surface area contributed by atoms with Crippen molar-refractivity contribution in [3.63, 3.8) is 0 Å². The first-order valence-electron chi connectivity index (χ1n) is 7.79. The highest BCUT2D eigenvalue weighted by molar-refractivity contribution is 7.99. The Morgan fingerprint density at radius 2 is 1.90 bits per heavy atom. The molecule has 2 saturated carbocycles. The summed E-state index contributed by atoms with van der Waals surface area (Å²) in [5, 5.41) is 0. The van der Waals surface area contributed by atoms with Crippen molar-refractivity contribution in [3.05, 3.63) is 35.9 Å². The molecule has 1 aromatic rings. The van der Waals surface area contributed by atoms with E-state index in [1.807, 2.05) is 11.8 Å². The van der Waals surface area contributed by atoms with E-state index in [2.05, 4.69) is 35.2 Å². The molecule has 3 fully saturated rings. The number of carbonyl (C=O) groups is 1. The molecule has 0 aromatic heterocycles. The Labute approximate surface area is 124 Å². The van der Waals surface area contributed by atoms with Crippen LogP contribution in [0.1, 0.15) is 30.9 Å². The van der Waals surface area contributed by atoms with Crippen molar-refractivity contribution in [2.45, 2.75) is 25.3 Å². The van der Waals surface area contributed by atoms with Crippen molar-refractivity contribution < 1.29 is 4.79 Å². The first-order valence-corrected chi connectivity index (χ1v) is 8.95. The third-order valence-electron chi connectivity index (χ3n) is 5.29. The summed E-state index contributed by atoms with van der Waals surface area (Å²) in [6, 6.07) is 10.9. The third kappa shape index (κ3) is 2.07. The van der Waals surface area contributed by atoms with Gasteiger partial charge in [-0.05, 0) is 30.2 Å². The van der Waals surface area contributed by atoms with Crippen molar-refractivity contribution in [3.8, 4) is 0 Å². The second-order valence-electron chi connectivity index (χ2n) is 6.32. The van der Waals surface area contributed by atoms with Crippen LogP contribution in [0.2, 0.25) is 0 Å². The summed E-state index contributed by atoms with van der Waals surface area (Å²) in [6.07, 6.45) is 3.93. The highest BCUT2D eigenvalue weighted by Crippen LogP contribution is 2.58. The van der Waals surface area contributed by atoms with E-state index in [0.717, 1.165) is 29.9 Å². The summed E-state index contributed by atoms with van der Waals surface area (Å²) in [5.41, 5.74) is 1.30. The standard InChI is InChI=1S/C17H21NOS/c19-17(16-13-7-4-8-14(13)16)18-9-10-20-11-15(18)12-5-2-1-3-6-12/h1-3,5-6,13-16H,4,7-11H2/t13-,14+,15-,16?/m0/s1. The van der Waals surface area contributed by atoms with Crippen molar-refractivity contribution in [2.75, 3.05) is 18.1 Å². The fourth-order valence-corrected chi connectivity index (χ4v) is 5.29. The van der Waals surface area contributed by atoms with E-state index in [-0.39, 0.29) is 0 Å². The summed E-state index contributed by atoms with van der Waals surface area (Å²) >= 11 is 1.98. The molecule has 0 spiro atoms. The summed E-state index contributed by atoms with van der Waals surface area (Å²) < 4.78 is 0. The molecule has 2 aliphatic carbocycles. The zero-order chi connectivity index (χ0) is 13.5. The Hall–Kier alpha value is -0.960. The van der Waals surface area contributed by atoms with Crippen LogP contribution in [-0.4, -0.2) is 28.9 Å². The molecule has 1 unspecified atom stereocenters. The molecule has 3 heteroatoms. The number of hydrogen-bond acceptors (Lipinski definition) is 2. The molecular formula is C17H21NOS. The van der Waals surface area contributed by atoms with Gasteiger partial charge in [0.05, 0.1) is 6.04 Å². The average molecular weight is 287 g/mol. The van der Waals surface area contributed by atoms with Gasteiger partial charge >= 0.3 is 0 Å². The maximum absolute atomic E-state index is 12.9. The second-order valence-corrected chi connectivity index (χ2v) is 7.47. The lowest BCUT2D eigenvalue weighted by atomic mass is 10.0. The lowest BCUT2D eigenvalue weighted by Gasteiger charge is -2.36. The monoisotopic (exact) mass is 287 g/mol. The first kappa shape index (κ1) is 12.8. The minimum atomic E-state index is 0.295. The van der Waals surface area contributed by atoms with Crippen molar-refractivity contribution in [1.29, 1.82) is 0 Å². The van der Waals surface area contributed by atoms with Crippen LogP contribution in [0.3, 0.4) is 0 Å². The molecular weight excluding hydrogens is 266 g/mol. The maximum Gasteiger partial charge on any atom is 0.226 e. The van der Waals surface area contributed by atoms with Gasteiger partial charge < -0.3 is 4.90 Å². The van der Waals surface area contributed by atoms with Crippen LogP contribution in [0.25, 0.3) is 0 Å². The molecule has 0 N–H and O–H groups in total. The molecule has 0 bridgehead atoms. The fraction of sp³-hybridized carbons (Fsp3) is 0.588. The van der Waals surface area contributed by atoms with E-state index in [4.69, 9.17) is 0 Å². The van der Waals surface area contributed by atoms with Crippen LogP contribution in [0.5, 0.6) is 0 Å². The topological polar surface area (TPSA) is 20.3 Å². The lowest BCUT2D eigenvalue weighted by Crippen LogP contribution is -2.42. The normalized spacial score (nSPS) is 35.7. The first-order chi connectivity index (χ1) is 9.86. The molecule has 4 rings (SSSR count). The number of fused-ring (bicyclic) bond motifs is 1. The third-order valence-corrected chi connectivity index (χ3v) is 6.31. The molecule has 1 heterocycles. The average Bonchev–Trinajstić information content (AvgIpc) is 2.99. The van der Waals surface area contributed by atoms with E-state index in [1.54, 1.807) is 0 Å². The summed E-state index contributed by atoms with van der Waals surface area (Å²) in [4.78, 5) is 15.1. The van der Waals surface area contributed by atoms with Crippen LogP contribution in [0, 0.1) is 17.8 Å². The quantitative estimate of drug-likeness (QED) is 0.831. The summed E-state index contributed by atoms with van der Waals surface area (Å²) in [5.74, 6) is 4.43.